The highest BCUT2D eigenvalue weighted by atomic mass is 35.5. The van der Waals surface area contributed by atoms with E-state index in [9.17, 15) is 0 Å². The van der Waals surface area contributed by atoms with Gasteiger partial charge in [-0.2, -0.15) is 5.10 Å². The number of rotatable bonds is 6. The zero-order chi connectivity index (χ0) is 12.1. The Morgan fingerprint density at radius 2 is 2.25 bits per heavy atom. The third-order valence-corrected chi connectivity index (χ3v) is 2.83. The molecular weight excluding hydrogens is 226 g/mol. The van der Waals surface area contributed by atoms with Gasteiger partial charge in [0.25, 0.3) is 0 Å². The zero-order valence-electron chi connectivity index (χ0n) is 10.1. The summed E-state index contributed by atoms with van der Waals surface area (Å²) in [6.07, 6.45) is 2.44. The molecule has 0 amide bonds. The standard InChI is InChI=1S/C11H20ClN3O/c1-9(8-16)6-11-10(12)7-13-15(11)5-4-14(2)3/h7,9,16H,4-6,8H2,1-3H3. The van der Waals surface area contributed by atoms with E-state index in [4.69, 9.17) is 16.7 Å². The maximum atomic E-state index is 9.05. The third-order valence-electron chi connectivity index (χ3n) is 2.51. The van der Waals surface area contributed by atoms with Crippen molar-refractivity contribution in [2.45, 2.75) is 19.9 Å². The van der Waals surface area contributed by atoms with Crippen LogP contribution in [0.2, 0.25) is 5.02 Å². The van der Waals surface area contributed by atoms with Crippen molar-refractivity contribution in [3.8, 4) is 0 Å². The number of hydrogen-bond donors (Lipinski definition) is 1. The molecule has 0 spiro atoms. The smallest absolute Gasteiger partial charge is 0.0817 e. The Bertz CT molecular complexity index is 325. The lowest BCUT2D eigenvalue weighted by Crippen LogP contribution is -2.21. The Labute approximate surface area is 102 Å². The largest absolute Gasteiger partial charge is 0.396 e. The van der Waals surface area contributed by atoms with Gasteiger partial charge in [0, 0.05) is 13.2 Å². The van der Waals surface area contributed by atoms with Gasteiger partial charge in [-0.25, -0.2) is 0 Å². The Hall–Kier alpha value is -0.580. The maximum Gasteiger partial charge on any atom is 0.0817 e. The van der Waals surface area contributed by atoms with Crippen molar-refractivity contribution < 1.29 is 5.11 Å². The number of aliphatic hydroxyl groups excluding tert-OH is 1. The van der Waals surface area contributed by atoms with Gasteiger partial charge in [-0.15, -0.1) is 0 Å². The van der Waals surface area contributed by atoms with Gasteiger partial charge < -0.3 is 10.0 Å². The van der Waals surface area contributed by atoms with Crippen LogP contribution in [0.1, 0.15) is 12.6 Å². The Balaban J connectivity index is 2.69. The predicted molar refractivity (Wildman–Crippen MR) is 65.7 cm³/mol. The van der Waals surface area contributed by atoms with Gasteiger partial charge in [0.1, 0.15) is 0 Å². The summed E-state index contributed by atoms with van der Waals surface area (Å²) in [7, 11) is 4.06. The van der Waals surface area contributed by atoms with Crippen LogP contribution in [0.5, 0.6) is 0 Å². The Morgan fingerprint density at radius 3 is 2.81 bits per heavy atom. The molecule has 0 aliphatic rings. The van der Waals surface area contributed by atoms with Crippen molar-refractivity contribution >= 4 is 11.6 Å². The van der Waals surface area contributed by atoms with Crippen LogP contribution < -0.4 is 0 Å². The summed E-state index contributed by atoms with van der Waals surface area (Å²) in [5.74, 6) is 0.215. The Morgan fingerprint density at radius 1 is 1.56 bits per heavy atom. The predicted octanol–water partition coefficient (Wildman–Crippen LogP) is 1.27. The maximum absolute atomic E-state index is 9.05. The van der Waals surface area contributed by atoms with E-state index in [1.807, 2.05) is 25.7 Å². The van der Waals surface area contributed by atoms with Crippen LogP contribution in [-0.2, 0) is 13.0 Å². The first kappa shape index (κ1) is 13.5. The third kappa shape index (κ3) is 3.77. The summed E-state index contributed by atoms with van der Waals surface area (Å²) in [6, 6.07) is 0. The van der Waals surface area contributed by atoms with E-state index in [0.29, 0.717) is 5.02 Å². The highest BCUT2D eigenvalue weighted by Gasteiger charge is 2.12. The number of nitrogens with zero attached hydrogens (tertiary/aromatic N) is 3. The monoisotopic (exact) mass is 245 g/mol. The molecule has 0 saturated carbocycles. The molecular formula is C11H20ClN3O. The first-order valence-corrected chi connectivity index (χ1v) is 5.88. The van der Waals surface area contributed by atoms with Crippen LogP contribution in [-0.4, -0.2) is 47.0 Å². The highest BCUT2D eigenvalue weighted by Crippen LogP contribution is 2.18. The van der Waals surface area contributed by atoms with E-state index in [2.05, 4.69) is 10.00 Å². The average Bonchev–Trinajstić information content (AvgIpc) is 2.57. The summed E-state index contributed by atoms with van der Waals surface area (Å²) < 4.78 is 1.93. The zero-order valence-corrected chi connectivity index (χ0v) is 10.9. The molecule has 92 valence electrons. The first-order chi connectivity index (χ1) is 7.54. The molecule has 1 unspecified atom stereocenters. The van der Waals surface area contributed by atoms with Crippen molar-refractivity contribution in [3.05, 3.63) is 16.9 Å². The molecule has 0 bridgehead atoms. The van der Waals surface area contributed by atoms with E-state index in [-0.39, 0.29) is 12.5 Å². The molecule has 1 rings (SSSR count). The van der Waals surface area contributed by atoms with Crippen LogP contribution in [0, 0.1) is 5.92 Å². The molecule has 4 nitrogen and oxygen atoms in total. The SMILES string of the molecule is CC(CO)Cc1c(Cl)cnn1CCN(C)C. The molecule has 0 saturated heterocycles. The van der Waals surface area contributed by atoms with Gasteiger partial charge in [0.05, 0.1) is 23.5 Å². The normalized spacial score (nSPS) is 13.4. The van der Waals surface area contributed by atoms with E-state index < -0.39 is 0 Å². The van der Waals surface area contributed by atoms with E-state index >= 15 is 0 Å². The summed E-state index contributed by atoms with van der Waals surface area (Å²) >= 11 is 6.08. The molecule has 0 aliphatic heterocycles. The minimum Gasteiger partial charge on any atom is -0.396 e. The van der Waals surface area contributed by atoms with Gasteiger partial charge in [-0.3, -0.25) is 4.68 Å². The van der Waals surface area contributed by atoms with Crippen molar-refractivity contribution in [3.63, 3.8) is 0 Å². The fourth-order valence-corrected chi connectivity index (χ4v) is 1.69. The molecule has 0 fully saturated rings. The summed E-state index contributed by atoms with van der Waals surface area (Å²) in [6.45, 7) is 3.93. The van der Waals surface area contributed by atoms with Crippen LogP contribution in [0.4, 0.5) is 0 Å². The topological polar surface area (TPSA) is 41.3 Å². The lowest BCUT2D eigenvalue weighted by molar-refractivity contribution is 0.234. The second-order valence-corrected chi connectivity index (χ2v) is 4.86. The molecule has 0 radical (unpaired) electrons. The average molecular weight is 246 g/mol. The summed E-state index contributed by atoms with van der Waals surface area (Å²) in [5, 5.41) is 14.0. The van der Waals surface area contributed by atoms with Crippen LogP contribution in [0.15, 0.2) is 6.20 Å². The van der Waals surface area contributed by atoms with Gasteiger partial charge in [0.15, 0.2) is 0 Å². The second kappa shape index (κ2) is 6.23. The summed E-state index contributed by atoms with van der Waals surface area (Å²) in [5.41, 5.74) is 1.02. The van der Waals surface area contributed by atoms with Crippen molar-refractivity contribution in [1.82, 2.24) is 14.7 Å². The fraction of sp³-hybridized carbons (Fsp3) is 0.727. The van der Waals surface area contributed by atoms with Gasteiger partial charge in [0.2, 0.25) is 0 Å². The molecule has 0 aromatic carbocycles. The molecule has 1 aromatic heterocycles. The van der Waals surface area contributed by atoms with Crippen molar-refractivity contribution in [1.29, 1.82) is 0 Å². The van der Waals surface area contributed by atoms with E-state index in [0.717, 1.165) is 25.2 Å². The second-order valence-electron chi connectivity index (χ2n) is 4.46. The van der Waals surface area contributed by atoms with E-state index in [1.165, 1.54) is 0 Å². The van der Waals surface area contributed by atoms with Gasteiger partial charge in [-0.05, 0) is 26.4 Å². The van der Waals surface area contributed by atoms with Crippen molar-refractivity contribution in [2.75, 3.05) is 27.2 Å². The number of likely N-dealkylation sites (N-methyl/N-ethyl adjacent to an activating group) is 1. The summed E-state index contributed by atoms with van der Waals surface area (Å²) in [4.78, 5) is 2.11. The minimum absolute atomic E-state index is 0.176. The Kier molecular flexibility index (Phi) is 5.25. The van der Waals surface area contributed by atoms with Crippen LogP contribution >= 0.6 is 11.6 Å². The first-order valence-electron chi connectivity index (χ1n) is 5.50. The van der Waals surface area contributed by atoms with Gasteiger partial charge >= 0.3 is 0 Å². The lowest BCUT2D eigenvalue weighted by atomic mass is 10.1. The van der Waals surface area contributed by atoms with Gasteiger partial charge in [-0.1, -0.05) is 18.5 Å². The molecule has 1 heterocycles. The molecule has 1 aromatic rings. The van der Waals surface area contributed by atoms with Crippen molar-refractivity contribution in [2.24, 2.45) is 5.92 Å². The molecule has 0 aliphatic carbocycles. The number of halogens is 1. The number of aliphatic hydroxyl groups is 1. The van der Waals surface area contributed by atoms with E-state index in [1.54, 1.807) is 6.20 Å². The highest BCUT2D eigenvalue weighted by molar-refractivity contribution is 6.31. The fourth-order valence-electron chi connectivity index (χ4n) is 1.47. The number of aromatic nitrogens is 2. The van der Waals surface area contributed by atoms with Crippen LogP contribution in [0.25, 0.3) is 0 Å². The minimum atomic E-state index is 0.176. The molecule has 16 heavy (non-hydrogen) atoms. The number of hydrogen-bond acceptors (Lipinski definition) is 3. The molecule has 1 N–H and O–H groups in total. The quantitative estimate of drug-likeness (QED) is 0.821. The van der Waals surface area contributed by atoms with Crippen LogP contribution in [0.3, 0.4) is 0 Å². The molecule has 5 heteroatoms. The lowest BCUT2D eigenvalue weighted by Gasteiger charge is -2.14. The molecule has 1 atom stereocenters.